The van der Waals surface area contributed by atoms with Crippen molar-refractivity contribution in [3.63, 3.8) is 0 Å². The molecule has 108 valence electrons. The third kappa shape index (κ3) is 3.92. The standard InChI is InChI=1S/C16H22N2O2/c1-11(2)17-9-14(19)10-20-15-6-4-5-13-8-7-12(3)18-16(13)15/h4-8,11,14,17,19H,9-10H2,1-3H3. The van der Waals surface area contributed by atoms with Crippen LogP contribution in [0.2, 0.25) is 0 Å². The predicted octanol–water partition coefficient (Wildman–Crippen LogP) is 2.28. The quantitative estimate of drug-likeness (QED) is 0.848. The number of benzene rings is 1. The molecule has 20 heavy (non-hydrogen) atoms. The van der Waals surface area contributed by atoms with E-state index < -0.39 is 6.10 Å². The molecule has 0 amide bonds. The van der Waals surface area contributed by atoms with E-state index in [0.717, 1.165) is 22.3 Å². The van der Waals surface area contributed by atoms with Gasteiger partial charge in [0.15, 0.2) is 0 Å². The van der Waals surface area contributed by atoms with Crippen molar-refractivity contribution in [2.75, 3.05) is 13.2 Å². The van der Waals surface area contributed by atoms with Gasteiger partial charge in [-0.25, -0.2) is 4.98 Å². The molecule has 2 aromatic rings. The molecule has 0 saturated heterocycles. The van der Waals surface area contributed by atoms with Crippen LogP contribution < -0.4 is 10.1 Å². The number of aliphatic hydroxyl groups is 1. The van der Waals surface area contributed by atoms with Crippen molar-refractivity contribution in [3.05, 3.63) is 36.0 Å². The Morgan fingerprint density at radius 1 is 1.25 bits per heavy atom. The first-order valence-electron chi connectivity index (χ1n) is 6.97. The summed E-state index contributed by atoms with van der Waals surface area (Å²) in [6, 6.07) is 10.2. The van der Waals surface area contributed by atoms with Crippen LogP contribution in [0.25, 0.3) is 10.9 Å². The van der Waals surface area contributed by atoms with E-state index in [1.54, 1.807) is 0 Å². The lowest BCUT2D eigenvalue weighted by molar-refractivity contribution is 0.105. The Morgan fingerprint density at radius 2 is 2.05 bits per heavy atom. The van der Waals surface area contributed by atoms with Gasteiger partial charge in [0.05, 0.1) is 0 Å². The number of hydrogen-bond donors (Lipinski definition) is 2. The summed E-state index contributed by atoms with van der Waals surface area (Å²) < 4.78 is 5.72. The number of rotatable bonds is 6. The number of aliphatic hydroxyl groups excluding tert-OH is 1. The van der Waals surface area contributed by atoms with Crippen LogP contribution in [0.15, 0.2) is 30.3 Å². The van der Waals surface area contributed by atoms with Crippen LogP contribution in [-0.4, -0.2) is 35.4 Å². The Labute approximate surface area is 119 Å². The first kappa shape index (κ1) is 14.8. The molecule has 0 fully saturated rings. The number of nitrogens with one attached hydrogen (secondary N) is 1. The Morgan fingerprint density at radius 3 is 2.80 bits per heavy atom. The summed E-state index contributed by atoms with van der Waals surface area (Å²) in [6.45, 7) is 6.83. The lowest BCUT2D eigenvalue weighted by Crippen LogP contribution is -2.35. The molecule has 4 nitrogen and oxygen atoms in total. The zero-order valence-electron chi connectivity index (χ0n) is 12.3. The Hall–Kier alpha value is -1.65. The highest BCUT2D eigenvalue weighted by molar-refractivity contribution is 5.84. The highest BCUT2D eigenvalue weighted by Crippen LogP contribution is 2.23. The molecule has 1 aromatic heterocycles. The molecule has 0 saturated carbocycles. The van der Waals surface area contributed by atoms with Crippen molar-refractivity contribution in [1.29, 1.82) is 0 Å². The Kier molecular flexibility index (Phi) is 4.93. The summed E-state index contributed by atoms with van der Waals surface area (Å²) in [5.41, 5.74) is 1.80. The maximum atomic E-state index is 9.88. The van der Waals surface area contributed by atoms with E-state index in [4.69, 9.17) is 4.74 Å². The maximum absolute atomic E-state index is 9.88. The van der Waals surface area contributed by atoms with Gasteiger partial charge in [0.2, 0.25) is 0 Å². The van der Waals surface area contributed by atoms with Crippen molar-refractivity contribution in [1.82, 2.24) is 10.3 Å². The average Bonchev–Trinajstić information content (AvgIpc) is 2.42. The molecule has 0 aliphatic heterocycles. The highest BCUT2D eigenvalue weighted by Gasteiger charge is 2.08. The van der Waals surface area contributed by atoms with Crippen LogP contribution >= 0.6 is 0 Å². The van der Waals surface area contributed by atoms with Crippen molar-refractivity contribution in [3.8, 4) is 5.75 Å². The number of ether oxygens (including phenoxy) is 1. The third-order valence-corrected chi connectivity index (χ3v) is 3.02. The summed E-state index contributed by atoms with van der Waals surface area (Å²) in [7, 11) is 0. The van der Waals surface area contributed by atoms with Gasteiger partial charge in [-0.3, -0.25) is 0 Å². The summed E-state index contributed by atoms with van der Waals surface area (Å²) in [5.74, 6) is 0.717. The molecule has 0 aliphatic carbocycles. The average molecular weight is 274 g/mol. The Bertz CT molecular complexity index is 569. The van der Waals surface area contributed by atoms with Crippen molar-refractivity contribution >= 4 is 10.9 Å². The van der Waals surface area contributed by atoms with Crippen molar-refractivity contribution < 1.29 is 9.84 Å². The first-order chi connectivity index (χ1) is 9.56. The molecule has 0 bridgehead atoms. The number of aromatic nitrogens is 1. The molecular formula is C16H22N2O2. The molecule has 1 unspecified atom stereocenters. The van der Waals surface area contributed by atoms with E-state index in [0.29, 0.717) is 12.6 Å². The fraction of sp³-hybridized carbons (Fsp3) is 0.438. The normalized spacial score (nSPS) is 12.8. The van der Waals surface area contributed by atoms with E-state index in [1.165, 1.54) is 0 Å². The summed E-state index contributed by atoms with van der Waals surface area (Å²) in [4.78, 5) is 4.51. The van der Waals surface area contributed by atoms with Crippen LogP contribution in [0.4, 0.5) is 0 Å². The number of aryl methyl sites for hydroxylation is 1. The van der Waals surface area contributed by atoms with Gasteiger partial charge in [-0.2, -0.15) is 0 Å². The number of fused-ring (bicyclic) bond motifs is 1. The van der Waals surface area contributed by atoms with Crippen LogP contribution in [0, 0.1) is 6.92 Å². The van der Waals surface area contributed by atoms with Gasteiger partial charge in [0.25, 0.3) is 0 Å². The SMILES string of the molecule is Cc1ccc2cccc(OCC(O)CNC(C)C)c2n1. The third-order valence-electron chi connectivity index (χ3n) is 3.02. The van der Waals surface area contributed by atoms with Crippen molar-refractivity contribution in [2.45, 2.75) is 32.9 Å². The topological polar surface area (TPSA) is 54.4 Å². The van der Waals surface area contributed by atoms with Crippen molar-refractivity contribution in [2.24, 2.45) is 0 Å². The zero-order chi connectivity index (χ0) is 14.5. The summed E-state index contributed by atoms with van der Waals surface area (Å²) in [6.07, 6.45) is -0.530. The van der Waals surface area contributed by atoms with E-state index in [1.807, 2.05) is 51.1 Å². The first-order valence-corrected chi connectivity index (χ1v) is 6.97. The minimum Gasteiger partial charge on any atom is -0.489 e. The van der Waals surface area contributed by atoms with Crippen LogP contribution in [0.1, 0.15) is 19.5 Å². The monoisotopic (exact) mass is 274 g/mol. The lowest BCUT2D eigenvalue weighted by Gasteiger charge is -2.15. The van der Waals surface area contributed by atoms with Gasteiger partial charge >= 0.3 is 0 Å². The molecular weight excluding hydrogens is 252 g/mol. The second-order valence-corrected chi connectivity index (χ2v) is 5.31. The smallest absolute Gasteiger partial charge is 0.145 e. The molecule has 0 spiro atoms. The second kappa shape index (κ2) is 6.68. The fourth-order valence-electron chi connectivity index (χ4n) is 1.95. The maximum Gasteiger partial charge on any atom is 0.145 e. The number of para-hydroxylation sites is 1. The highest BCUT2D eigenvalue weighted by atomic mass is 16.5. The largest absolute Gasteiger partial charge is 0.489 e. The predicted molar refractivity (Wildman–Crippen MR) is 81.1 cm³/mol. The Balaban J connectivity index is 2.04. The molecule has 4 heteroatoms. The molecule has 1 atom stereocenters. The number of pyridine rings is 1. The fourth-order valence-corrected chi connectivity index (χ4v) is 1.95. The van der Waals surface area contributed by atoms with E-state index in [2.05, 4.69) is 10.3 Å². The molecule has 0 aliphatic rings. The molecule has 0 radical (unpaired) electrons. The number of hydrogen-bond acceptors (Lipinski definition) is 4. The lowest BCUT2D eigenvalue weighted by atomic mass is 10.2. The van der Waals surface area contributed by atoms with Gasteiger partial charge in [0.1, 0.15) is 24.0 Å². The summed E-state index contributed by atoms with van der Waals surface area (Å²) in [5, 5.41) is 14.1. The van der Waals surface area contributed by atoms with Gasteiger partial charge in [0, 0.05) is 23.7 Å². The van der Waals surface area contributed by atoms with E-state index in [-0.39, 0.29) is 6.61 Å². The minimum atomic E-state index is -0.530. The van der Waals surface area contributed by atoms with E-state index >= 15 is 0 Å². The summed E-state index contributed by atoms with van der Waals surface area (Å²) >= 11 is 0. The van der Waals surface area contributed by atoms with Crippen LogP contribution in [-0.2, 0) is 0 Å². The van der Waals surface area contributed by atoms with Crippen LogP contribution in [0.5, 0.6) is 5.75 Å². The number of nitrogens with zero attached hydrogens (tertiary/aromatic N) is 1. The van der Waals surface area contributed by atoms with Crippen LogP contribution in [0.3, 0.4) is 0 Å². The zero-order valence-corrected chi connectivity index (χ0v) is 12.3. The van der Waals surface area contributed by atoms with Gasteiger partial charge in [-0.1, -0.05) is 32.0 Å². The van der Waals surface area contributed by atoms with Gasteiger partial charge < -0.3 is 15.2 Å². The molecule has 1 aromatic carbocycles. The van der Waals surface area contributed by atoms with Gasteiger partial charge in [-0.05, 0) is 19.1 Å². The molecule has 2 N–H and O–H groups in total. The molecule has 1 heterocycles. The minimum absolute atomic E-state index is 0.258. The molecule has 2 rings (SSSR count). The van der Waals surface area contributed by atoms with E-state index in [9.17, 15) is 5.11 Å². The van der Waals surface area contributed by atoms with Gasteiger partial charge in [-0.15, -0.1) is 0 Å². The second-order valence-electron chi connectivity index (χ2n) is 5.31.